The molecule has 21 nitrogen and oxygen atoms in total. The minimum absolute atomic E-state index is 0.0163. The van der Waals surface area contributed by atoms with E-state index in [1.165, 1.54) is 18.0 Å². The summed E-state index contributed by atoms with van der Waals surface area (Å²) in [6.45, 7) is 8.12. The van der Waals surface area contributed by atoms with Crippen molar-refractivity contribution in [3.05, 3.63) is 76.6 Å². The van der Waals surface area contributed by atoms with Gasteiger partial charge in [0.25, 0.3) is 0 Å². The van der Waals surface area contributed by atoms with Crippen LogP contribution in [0.25, 0.3) is 22.6 Å². The van der Waals surface area contributed by atoms with E-state index in [4.69, 9.17) is 45.4 Å². The normalized spacial score (nSPS) is 11.4. The van der Waals surface area contributed by atoms with Crippen molar-refractivity contribution in [2.45, 2.75) is 82.5 Å². The number of rotatable bonds is 21. The first-order valence-electron chi connectivity index (χ1n) is 21.1. The Kier molecular flexibility index (Phi) is 20.0. The highest BCUT2D eigenvalue weighted by Crippen LogP contribution is 2.37. The Morgan fingerprint density at radius 1 is 0.754 bits per heavy atom. The average molecular weight is 990 g/mol. The molecule has 0 saturated heterocycles. The van der Waals surface area contributed by atoms with Crippen molar-refractivity contribution in [3.63, 3.8) is 0 Å². The van der Waals surface area contributed by atoms with Gasteiger partial charge in [-0.3, -0.25) is 19.2 Å². The van der Waals surface area contributed by atoms with E-state index in [-0.39, 0.29) is 71.6 Å². The minimum atomic E-state index is -1.17. The molecule has 0 aliphatic carbocycles. The molecule has 2 heterocycles. The summed E-state index contributed by atoms with van der Waals surface area (Å²) in [6, 6.07) is 17.4. The van der Waals surface area contributed by atoms with Crippen LogP contribution in [0.15, 0.2) is 64.2 Å². The first kappa shape index (κ1) is 54.0. The number of carbonyl (C=O) groups is 6. The van der Waals surface area contributed by atoms with Gasteiger partial charge in [0, 0.05) is 35.0 Å². The standard InChI is InChI=1S/C46H52ClN9O12S/c1-45(2,3)67-43(61)53-21-35(57)51-17-15-37(59)64-25-32(66-38(60)16-18-52-36(58)22-54-44(62)68-46(4,5)6)24-63-31-13-9-27(10-14-31)39-33(19-48)40(50)56-42(34(39)20-49)69-26-30-23-65-41(55-30)28-7-11-29(47)12-8-28/h7-14,23,32H,15-18,21-22,24-26H2,1-6H3,(H2,50,56)(H,51,57)(H,52,58)(H,53,61)(H,54,62). The number of nitriles is 2. The van der Waals surface area contributed by atoms with Gasteiger partial charge >= 0.3 is 24.1 Å². The van der Waals surface area contributed by atoms with Crippen LogP contribution in [0.1, 0.15) is 71.2 Å². The molecule has 0 saturated carbocycles. The number of nitrogen functional groups attached to an aromatic ring is 1. The lowest BCUT2D eigenvalue weighted by molar-refractivity contribution is -0.160. The average Bonchev–Trinajstić information content (AvgIpc) is 3.76. The van der Waals surface area contributed by atoms with Crippen molar-refractivity contribution < 1.29 is 56.9 Å². The summed E-state index contributed by atoms with van der Waals surface area (Å²) >= 11 is 7.18. The fourth-order valence-electron chi connectivity index (χ4n) is 5.62. The van der Waals surface area contributed by atoms with Gasteiger partial charge in [-0.25, -0.2) is 19.6 Å². The van der Waals surface area contributed by atoms with Gasteiger partial charge in [-0.1, -0.05) is 35.5 Å². The summed E-state index contributed by atoms with van der Waals surface area (Å²) in [6.07, 6.45) is -1.84. The predicted octanol–water partition coefficient (Wildman–Crippen LogP) is 5.57. The number of hydrogen-bond donors (Lipinski definition) is 5. The lowest BCUT2D eigenvalue weighted by Crippen LogP contribution is -2.40. The van der Waals surface area contributed by atoms with Crippen LogP contribution in [-0.4, -0.2) is 103 Å². The van der Waals surface area contributed by atoms with Crippen molar-refractivity contribution in [1.82, 2.24) is 31.2 Å². The number of nitrogens with one attached hydrogen (secondary N) is 4. The van der Waals surface area contributed by atoms with Gasteiger partial charge in [0.2, 0.25) is 17.7 Å². The largest absolute Gasteiger partial charge is 0.490 e. The van der Waals surface area contributed by atoms with Gasteiger partial charge in [-0.05, 0) is 83.5 Å². The predicted molar refractivity (Wildman–Crippen MR) is 250 cm³/mol. The quantitative estimate of drug-likeness (QED) is 0.0387. The molecule has 0 radical (unpaired) electrons. The molecule has 1 atom stereocenters. The van der Waals surface area contributed by atoms with Crippen LogP contribution in [0.3, 0.4) is 0 Å². The second-order valence-electron chi connectivity index (χ2n) is 16.6. The van der Waals surface area contributed by atoms with Crippen LogP contribution in [-0.2, 0) is 43.9 Å². The molecule has 0 bridgehead atoms. The number of aromatic nitrogens is 2. The van der Waals surface area contributed by atoms with Crippen LogP contribution in [0, 0.1) is 22.7 Å². The second-order valence-corrected chi connectivity index (χ2v) is 18.0. The molecule has 0 aliphatic heterocycles. The number of carbonyl (C=O) groups excluding carboxylic acids is 6. The fourth-order valence-corrected chi connectivity index (χ4v) is 6.62. The molecule has 0 fully saturated rings. The van der Waals surface area contributed by atoms with Crippen LogP contribution in [0.5, 0.6) is 5.75 Å². The Morgan fingerprint density at radius 3 is 1.86 bits per heavy atom. The molecule has 1 unspecified atom stereocenters. The number of nitrogens with two attached hydrogens (primary N) is 1. The zero-order chi connectivity index (χ0) is 50.7. The van der Waals surface area contributed by atoms with Crippen molar-refractivity contribution in [1.29, 1.82) is 10.5 Å². The van der Waals surface area contributed by atoms with Crippen molar-refractivity contribution >= 4 is 65.1 Å². The fraction of sp³-hybridized carbons (Fsp3) is 0.391. The molecule has 2 aromatic heterocycles. The molecule has 4 aromatic rings. The van der Waals surface area contributed by atoms with Crippen molar-refractivity contribution in [2.75, 3.05) is 45.1 Å². The number of oxazole rings is 1. The molecular weight excluding hydrogens is 938 g/mol. The zero-order valence-corrected chi connectivity index (χ0v) is 40.3. The highest BCUT2D eigenvalue weighted by atomic mass is 35.5. The number of nitrogens with zero attached hydrogens (tertiary/aromatic N) is 4. The van der Waals surface area contributed by atoms with E-state index < -0.39 is 72.9 Å². The topological polar surface area (TPSA) is 309 Å². The maximum absolute atomic E-state index is 12.9. The number of thioether (sulfide) groups is 1. The lowest BCUT2D eigenvalue weighted by Gasteiger charge is -2.20. The molecular formula is C46H52ClN9O12S. The smallest absolute Gasteiger partial charge is 0.408 e. The summed E-state index contributed by atoms with van der Waals surface area (Å²) in [5.41, 5.74) is 6.76. The maximum atomic E-state index is 12.9. The van der Waals surface area contributed by atoms with Crippen molar-refractivity contribution in [3.8, 4) is 40.5 Å². The number of pyridine rings is 1. The molecule has 23 heteroatoms. The number of anilines is 1. The van der Waals surface area contributed by atoms with Gasteiger partial charge in [-0.2, -0.15) is 10.5 Å². The zero-order valence-electron chi connectivity index (χ0n) is 38.7. The van der Waals surface area contributed by atoms with Gasteiger partial charge in [0.05, 0.1) is 37.2 Å². The number of benzene rings is 2. The molecule has 366 valence electrons. The molecule has 2 aromatic carbocycles. The molecule has 69 heavy (non-hydrogen) atoms. The van der Waals surface area contributed by atoms with Crippen LogP contribution < -0.4 is 31.7 Å². The van der Waals surface area contributed by atoms with Crippen LogP contribution >= 0.6 is 23.4 Å². The van der Waals surface area contributed by atoms with E-state index >= 15 is 0 Å². The lowest BCUT2D eigenvalue weighted by atomic mass is 9.97. The summed E-state index contributed by atoms with van der Waals surface area (Å²) in [5.74, 6) is -1.93. The maximum Gasteiger partial charge on any atom is 0.408 e. The third-order valence-corrected chi connectivity index (χ3v) is 9.87. The van der Waals surface area contributed by atoms with Crippen LogP contribution in [0.2, 0.25) is 5.02 Å². The van der Waals surface area contributed by atoms with E-state index in [0.717, 1.165) is 5.56 Å². The Balaban J connectivity index is 1.40. The SMILES string of the molecule is CC(C)(C)OC(=O)NCC(=O)NCCC(=O)OCC(COc1ccc(-c2c(C#N)c(N)nc(SCc3coc(-c4ccc(Cl)cc4)n3)c2C#N)cc1)OC(=O)CCNC(=O)CNC(=O)OC(C)(C)C. The number of esters is 2. The second kappa shape index (κ2) is 25.5. The number of amides is 4. The van der Waals surface area contributed by atoms with Crippen LogP contribution in [0.4, 0.5) is 15.4 Å². The first-order chi connectivity index (χ1) is 32.6. The minimum Gasteiger partial charge on any atom is -0.490 e. The summed E-state index contributed by atoms with van der Waals surface area (Å²) in [7, 11) is 0. The van der Waals surface area contributed by atoms with E-state index in [1.807, 2.05) is 6.07 Å². The van der Waals surface area contributed by atoms with Gasteiger partial charge in [0.1, 0.15) is 65.0 Å². The third kappa shape index (κ3) is 18.9. The number of hydrogen-bond acceptors (Lipinski definition) is 18. The highest BCUT2D eigenvalue weighted by molar-refractivity contribution is 7.98. The number of halogens is 1. The molecule has 6 N–H and O–H groups in total. The van der Waals surface area contributed by atoms with Gasteiger partial charge in [0.15, 0.2) is 6.10 Å². The highest BCUT2D eigenvalue weighted by Gasteiger charge is 2.24. The van der Waals surface area contributed by atoms with E-state index in [0.29, 0.717) is 22.2 Å². The molecule has 4 amide bonds. The Morgan fingerprint density at radius 2 is 1.30 bits per heavy atom. The first-order valence-corrected chi connectivity index (χ1v) is 22.5. The van der Waals surface area contributed by atoms with Crippen molar-refractivity contribution in [2.24, 2.45) is 0 Å². The van der Waals surface area contributed by atoms with Gasteiger partial charge < -0.3 is 55.1 Å². The Labute approximate surface area is 407 Å². The monoisotopic (exact) mass is 989 g/mol. The summed E-state index contributed by atoms with van der Waals surface area (Å²) in [5, 5.41) is 30.8. The van der Waals surface area contributed by atoms with Gasteiger partial charge in [-0.15, -0.1) is 0 Å². The summed E-state index contributed by atoms with van der Waals surface area (Å²) in [4.78, 5) is 82.5. The number of ether oxygens (including phenoxy) is 5. The Hall–Kier alpha value is -7.56. The molecule has 0 aliphatic rings. The molecule has 0 spiro atoms. The van der Waals surface area contributed by atoms with E-state index in [1.54, 1.807) is 90.1 Å². The van der Waals surface area contributed by atoms with E-state index in [2.05, 4.69) is 37.3 Å². The summed E-state index contributed by atoms with van der Waals surface area (Å²) < 4.78 is 32.6. The van der Waals surface area contributed by atoms with E-state index in [9.17, 15) is 39.3 Å². The number of alkyl carbamates (subject to hydrolysis) is 2. The Bertz CT molecular complexity index is 2550. The molecule has 4 rings (SSSR count). The third-order valence-electron chi connectivity index (χ3n) is 8.61.